The second kappa shape index (κ2) is 7.01. The minimum absolute atomic E-state index is 0.106. The van der Waals surface area contributed by atoms with Gasteiger partial charge in [0.1, 0.15) is 0 Å². The average Bonchev–Trinajstić information content (AvgIpc) is 2.53. The van der Waals surface area contributed by atoms with Crippen LogP contribution in [0.15, 0.2) is 53.4 Å². The van der Waals surface area contributed by atoms with E-state index in [1.807, 2.05) is 12.1 Å². The molecule has 0 bridgehead atoms. The van der Waals surface area contributed by atoms with E-state index in [9.17, 15) is 9.00 Å². The largest absolute Gasteiger partial charge is 0.293 e. The molecule has 0 fully saturated rings. The summed E-state index contributed by atoms with van der Waals surface area (Å²) in [6.45, 7) is 3.76. The van der Waals surface area contributed by atoms with Gasteiger partial charge in [0.25, 0.3) is 0 Å². The van der Waals surface area contributed by atoms with Gasteiger partial charge in [-0.1, -0.05) is 42.8 Å². The highest BCUT2D eigenvalue weighted by Gasteiger charge is 2.22. The van der Waals surface area contributed by atoms with Gasteiger partial charge in [-0.15, -0.1) is 0 Å². The maximum Gasteiger partial charge on any atom is 0.178 e. The maximum absolute atomic E-state index is 12.4. The van der Waals surface area contributed by atoms with Gasteiger partial charge in [-0.05, 0) is 43.2 Å². The predicted molar refractivity (Wildman–Crippen MR) is 87.5 cm³/mol. The van der Waals surface area contributed by atoms with Crippen LogP contribution in [0.25, 0.3) is 0 Å². The topological polar surface area (TPSA) is 34.1 Å². The van der Waals surface area contributed by atoms with Crippen LogP contribution in [0.5, 0.6) is 0 Å². The van der Waals surface area contributed by atoms with E-state index in [-0.39, 0.29) is 5.78 Å². The molecule has 0 N–H and O–H groups in total. The number of ketones is 1. The van der Waals surface area contributed by atoms with Crippen LogP contribution >= 0.6 is 11.6 Å². The zero-order chi connectivity index (χ0) is 15.4. The Balaban J connectivity index is 2.17. The van der Waals surface area contributed by atoms with Crippen LogP contribution in [0.1, 0.15) is 29.8 Å². The van der Waals surface area contributed by atoms with Crippen LogP contribution in [-0.4, -0.2) is 15.2 Å². The number of carbonyl (C=O) groups excluding carboxylic acids is 1. The van der Waals surface area contributed by atoms with Crippen molar-refractivity contribution >= 4 is 28.2 Å². The lowest BCUT2D eigenvalue weighted by Gasteiger charge is -2.11. The van der Waals surface area contributed by atoms with E-state index in [0.29, 0.717) is 15.5 Å². The summed E-state index contributed by atoms with van der Waals surface area (Å²) >= 11 is 5.82. The molecule has 0 radical (unpaired) electrons. The van der Waals surface area contributed by atoms with E-state index in [4.69, 9.17) is 11.6 Å². The molecule has 0 aromatic heterocycles. The number of hydrogen-bond donors (Lipinski definition) is 0. The van der Waals surface area contributed by atoms with E-state index >= 15 is 0 Å². The standard InChI is InChI=1S/C17H17ClO2S/c1-3-13-4-6-14(7-5-13)17(19)12(2)21(20)16-10-8-15(18)9-11-16/h4-12H,3H2,1-2H3. The van der Waals surface area contributed by atoms with Gasteiger partial charge < -0.3 is 0 Å². The highest BCUT2D eigenvalue weighted by Crippen LogP contribution is 2.18. The van der Waals surface area contributed by atoms with Crippen molar-refractivity contribution in [1.29, 1.82) is 0 Å². The van der Waals surface area contributed by atoms with Gasteiger partial charge in [0.05, 0.1) is 16.0 Å². The molecule has 2 aromatic carbocycles. The number of hydrogen-bond acceptors (Lipinski definition) is 2. The molecule has 2 atom stereocenters. The van der Waals surface area contributed by atoms with E-state index in [0.717, 1.165) is 6.42 Å². The van der Waals surface area contributed by atoms with Crippen molar-refractivity contribution in [2.24, 2.45) is 0 Å². The Morgan fingerprint density at radius 1 is 1.10 bits per heavy atom. The van der Waals surface area contributed by atoms with Crippen molar-refractivity contribution in [3.8, 4) is 0 Å². The summed E-state index contributed by atoms with van der Waals surface area (Å²) in [5, 5.41) is 0.00327. The summed E-state index contributed by atoms with van der Waals surface area (Å²) in [6, 6.07) is 14.2. The first-order valence-electron chi connectivity index (χ1n) is 6.82. The van der Waals surface area contributed by atoms with E-state index in [1.165, 1.54) is 5.56 Å². The SMILES string of the molecule is CCc1ccc(C(=O)C(C)S(=O)c2ccc(Cl)cc2)cc1. The normalized spacial score (nSPS) is 13.7. The van der Waals surface area contributed by atoms with Crippen molar-refractivity contribution in [1.82, 2.24) is 0 Å². The molecule has 2 rings (SSSR count). The Morgan fingerprint density at radius 3 is 2.19 bits per heavy atom. The van der Waals surface area contributed by atoms with E-state index in [2.05, 4.69) is 6.92 Å². The first kappa shape index (κ1) is 15.9. The van der Waals surface area contributed by atoms with Crippen molar-refractivity contribution in [3.05, 3.63) is 64.7 Å². The van der Waals surface area contributed by atoms with Gasteiger partial charge in [0.15, 0.2) is 5.78 Å². The molecular formula is C17H17ClO2S. The van der Waals surface area contributed by atoms with Crippen LogP contribution < -0.4 is 0 Å². The number of aryl methyl sites for hydroxylation is 1. The maximum atomic E-state index is 12.4. The molecule has 0 aliphatic rings. The Labute approximate surface area is 132 Å². The fourth-order valence-corrected chi connectivity index (χ4v) is 3.28. The molecule has 110 valence electrons. The minimum atomic E-state index is -1.38. The molecule has 4 heteroatoms. The molecule has 0 aliphatic carbocycles. The Kier molecular flexibility index (Phi) is 5.32. The number of Topliss-reactive ketones (excluding diaryl/α,β-unsaturated/α-hetero) is 1. The lowest BCUT2D eigenvalue weighted by atomic mass is 10.1. The summed E-state index contributed by atoms with van der Waals surface area (Å²) < 4.78 is 12.4. The fraction of sp³-hybridized carbons (Fsp3) is 0.235. The molecule has 21 heavy (non-hydrogen) atoms. The summed E-state index contributed by atoms with van der Waals surface area (Å²) in [5.74, 6) is -0.106. The Bertz CT molecular complexity index is 647. The molecule has 0 spiro atoms. The average molecular weight is 321 g/mol. The van der Waals surface area contributed by atoms with Crippen LogP contribution in [0.3, 0.4) is 0 Å². The summed E-state index contributed by atoms with van der Waals surface area (Å²) in [4.78, 5) is 13.0. The van der Waals surface area contributed by atoms with Crippen molar-refractivity contribution in [3.63, 3.8) is 0 Å². The van der Waals surface area contributed by atoms with Gasteiger partial charge in [-0.25, -0.2) is 0 Å². The summed E-state index contributed by atoms with van der Waals surface area (Å²) in [7, 11) is -1.38. The highest BCUT2D eigenvalue weighted by molar-refractivity contribution is 7.86. The number of rotatable bonds is 5. The van der Waals surface area contributed by atoms with Crippen LogP contribution in [0.2, 0.25) is 5.02 Å². The van der Waals surface area contributed by atoms with E-state index < -0.39 is 16.0 Å². The quantitative estimate of drug-likeness (QED) is 0.770. The molecule has 2 aromatic rings. The molecular weight excluding hydrogens is 304 g/mol. The minimum Gasteiger partial charge on any atom is -0.293 e. The zero-order valence-corrected chi connectivity index (χ0v) is 13.6. The monoisotopic (exact) mass is 320 g/mol. The van der Waals surface area contributed by atoms with E-state index in [1.54, 1.807) is 43.3 Å². The Morgan fingerprint density at radius 2 is 1.67 bits per heavy atom. The van der Waals surface area contributed by atoms with Crippen LogP contribution in [0, 0.1) is 0 Å². The van der Waals surface area contributed by atoms with Crippen LogP contribution in [-0.2, 0) is 17.2 Å². The van der Waals surface area contributed by atoms with Gasteiger partial charge >= 0.3 is 0 Å². The number of carbonyl (C=O) groups is 1. The number of halogens is 1. The molecule has 0 heterocycles. The summed E-state index contributed by atoms with van der Waals surface area (Å²) in [6.07, 6.45) is 0.931. The lowest BCUT2D eigenvalue weighted by Crippen LogP contribution is -2.22. The molecule has 0 aliphatic heterocycles. The second-order valence-electron chi connectivity index (χ2n) is 4.81. The van der Waals surface area contributed by atoms with Crippen molar-refractivity contribution < 1.29 is 9.00 Å². The zero-order valence-electron chi connectivity index (χ0n) is 12.0. The smallest absolute Gasteiger partial charge is 0.178 e. The molecule has 0 saturated heterocycles. The van der Waals surface area contributed by atoms with Crippen LogP contribution in [0.4, 0.5) is 0 Å². The lowest BCUT2D eigenvalue weighted by molar-refractivity contribution is 0.0992. The number of benzene rings is 2. The first-order valence-corrected chi connectivity index (χ1v) is 8.41. The third-order valence-corrected chi connectivity index (χ3v) is 5.23. The van der Waals surface area contributed by atoms with Crippen molar-refractivity contribution in [2.45, 2.75) is 30.4 Å². The van der Waals surface area contributed by atoms with Gasteiger partial charge in [0, 0.05) is 15.5 Å². The first-order chi connectivity index (χ1) is 10.0. The molecule has 2 unspecified atom stereocenters. The second-order valence-corrected chi connectivity index (χ2v) is 7.02. The third kappa shape index (κ3) is 3.80. The predicted octanol–water partition coefficient (Wildman–Crippen LogP) is 4.28. The van der Waals surface area contributed by atoms with Gasteiger partial charge in [-0.3, -0.25) is 9.00 Å². The molecule has 0 saturated carbocycles. The third-order valence-electron chi connectivity index (χ3n) is 3.38. The highest BCUT2D eigenvalue weighted by atomic mass is 35.5. The Hall–Kier alpha value is -1.45. The summed E-state index contributed by atoms with van der Waals surface area (Å²) in [5.41, 5.74) is 1.78. The fourth-order valence-electron chi connectivity index (χ4n) is 2.01. The molecule has 0 amide bonds. The van der Waals surface area contributed by atoms with Crippen molar-refractivity contribution in [2.75, 3.05) is 0 Å². The molecule has 2 nitrogen and oxygen atoms in total. The van der Waals surface area contributed by atoms with Gasteiger partial charge in [-0.2, -0.15) is 0 Å². The van der Waals surface area contributed by atoms with Gasteiger partial charge in [0.2, 0.25) is 0 Å².